The molecule has 1 fully saturated rings. The van der Waals surface area contributed by atoms with Gasteiger partial charge in [0.2, 0.25) is 17.7 Å². The lowest BCUT2D eigenvalue weighted by atomic mass is 10.1. The lowest BCUT2D eigenvalue weighted by Crippen LogP contribution is -2.30. The lowest BCUT2D eigenvalue weighted by Gasteiger charge is -2.30. The third-order valence-corrected chi connectivity index (χ3v) is 4.89. The molecule has 0 aromatic heterocycles. The largest absolute Gasteiger partial charge is 0.370 e. The van der Waals surface area contributed by atoms with E-state index >= 15 is 0 Å². The summed E-state index contributed by atoms with van der Waals surface area (Å²) in [6.45, 7) is 3.29. The fourth-order valence-corrected chi connectivity index (χ4v) is 3.49. The van der Waals surface area contributed by atoms with E-state index in [0.717, 1.165) is 37.2 Å². The average Bonchev–Trinajstić information content (AvgIpc) is 2.69. The van der Waals surface area contributed by atoms with Crippen LogP contribution >= 0.6 is 0 Å². The molecule has 7 nitrogen and oxygen atoms in total. The number of nitrogens with two attached hydrogens (primary N) is 1. The second kappa shape index (κ2) is 9.23. The van der Waals surface area contributed by atoms with Gasteiger partial charge in [0.05, 0.1) is 17.8 Å². The Morgan fingerprint density at radius 1 is 0.966 bits per heavy atom. The molecule has 0 radical (unpaired) electrons. The zero-order valence-electron chi connectivity index (χ0n) is 16.5. The van der Waals surface area contributed by atoms with Gasteiger partial charge in [-0.05, 0) is 55.2 Å². The van der Waals surface area contributed by atoms with Gasteiger partial charge >= 0.3 is 0 Å². The van der Waals surface area contributed by atoms with Crippen molar-refractivity contribution in [2.24, 2.45) is 5.73 Å². The van der Waals surface area contributed by atoms with Crippen LogP contribution in [-0.2, 0) is 16.0 Å². The second-order valence-electron chi connectivity index (χ2n) is 7.25. The fraction of sp³-hybridized carbons (Fsp3) is 0.318. The molecule has 2 aromatic carbocycles. The van der Waals surface area contributed by atoms with Crippen LogP contribution in [0.25, 0.3) is 0 Å². The maximum Gasteiger partial charge on any atom is 0.248 e. The first-order chi connectivity index (χ1) is 13.9. The number of hydrogen-bond acceptors (Lipinski definition) is 4. The Kier molecular flexibility index (Phi) is 6.49. The number of benzene rings is 2. The first-order valence-corrected chi connectivity index (χ1v) is 9.77. The summed E-state index contributed by atoms with van der Waals surface area (Å²) in [4.78, 5) is 37.6. The van der Waals surface area contributed by atoms with E-state index in [1.807, 2.05) is 6.07 Å². The topological polar surface area (TPSA) is 105 Å². The first-order valence-electron chi connectivity index (χ1n) is 9.77. The molecule has 3 amide bonds. The SMILES string of the molecule is CC(=O)Nc1ccc(CC(=O)Nc2cc(C(N)=O)ccc2N2CCCCC2)cc1. The van der Waals surface area contributed by atoms with E-state index in [1.54, 1.807) is 36.4 Å². The van der Waals surface area contributed by atoms with Crippen molar-refractivity contribution < 1.29 is 14.4 Å². The van der Waals surface area contributed by atoms with Gasteiger partial charge in [0.25, 0.3) is 0 Å². The molecule has 2 aromatic rings. The van der Waals surface area contributed by atoms with Gasteiger partial charge in [-0.2, -0.15) is 0 Å². The zero-order valence-corrected chi connectivity index (χ0v) is 16.5. The number of piperidine rings is 1. The number of carbonyl (C=O) groups is 3. The minimum atomic E-state index is -0.528. The van der Waals surface area contributed by atoms with E-state index in [4.69, 9.17) is 5.73 Å². The van der Waals surface area contributed by atoms with Gasteiger partial charge in [0.1, 0.15) is 0 Å². The molecule has 1 aliphatic heterocycles. The number of nitrogens with one attached hydrogen (secondary N) is 2. The van der Waals surface area contributed by atoms with Crippen LogP contribution in [0.5, 0.6) is 0 Å². The predicted octanol–water partition coefficient (Wildman–Crippen LogP) is 2.92. The van der Waals surface area contributed by atoms with Crippen molar-refractivity contribution in [1.82, 2.24) is 0 Å². The summed E-state index contributed by atoms with van der Waals surface area (Å²) in [6, 6.07) is 12.3. The Hall–Kier alpha value is -3.35. The Morgan fingerprint density at radius 2 is 1.66 bits per heavy atom. The second-order valence-corrected chi connectivity index (χ2v) is 7.25. The number of amides is 3. The average molecular weight is 394 g/mol. The summed E-state index contributed by atoms with van der Waals surface area (Å²) < 4.78 is 0. The number of carbonyl (C=O) groups excluding carboxylic acids is 3. The lowest BCUT2D eigenvalue weighted by molar-refractivity contribution is -0.116. The quantitative estimate of drug-likeness (QED) is 0.701. The Bertz CT molecular complexity index is 903. The number of nitrogens with zero attached hydrogens (tertiary/aromatic N) is 1. The van der Waals surface area contributed by atoms with Crippen molar-refractivity contribution in [1.29, 1.82) is 0 Å². The summed E-state index contributed by atoms with van der Waals surface area (Å²) >= 11 is 0. The number of rotatable bonds is 6. The van der Waals surface area contributed by atoms with E-state index in [-0.39, 0.29) is 18.2 Å². The summed E-state index contributed by atoms with van der Waals surface area (Å²) in [5.74, 6) is -0.855. The minimum Gasteiger partial charge on any atom is -0.370 e. The number of hydrogen-bond donors (Lipinski definition) is 3. The summed E-state index contributed by atoms with van der Waals surface area (Å²) in [6.07, 6.45) is 3.59. The molecule has 1 heterocycles. The van der Waals surface area contributed by atoms with Crippen molar-refractivity contribution in [2.75, 3.05) is 28.6 Å². The predicted molar refractivity (Wildman–Crippen MR) is 114 cm³/mol. The van der Waals surface area contributed by atoms with Gasteiger partial charge in [-0.3, -0.25) is 14.4 Å². The summed E-state index contributed by atoms with van der Waals surface area (Å²) in [5, 5.41) is 5.64. The molecule has 0 atom stereocenters. The Morgan fingerprint density at radius 3 is 2.28 bits per heavy atom. The van der Waals surface area contributed by atoms with Crippen LogP contribution in [-0.4, -0.2) is 30.8 Å². The van der Waals surface area contributed by atoms with Crippen molar-refractivity contribution >= 4 is 34.8 Å². The normalized spacial score (nSPS) is 13.6. The molecule has 4 N–H and O–H groups in total. The molecule has 152 valence electrons. The highest BCUT2D eigenvalue weighted by Gasteiger charge is 2.17. The van der Waals surface area contributed by atoms with Crippen molar-refractivity contribution in [3.63, 3.8) is 0 Å². The van der Waals surface area contributed by atoms with E-state index in [1.165, 1.54) is 13.3 Å². The van der Waals surface area contributed by atoms with Crippen LogP contribution in [0.15, 0.2) is 42.5 Å². The maximum atomic E-state index is 12.6. The third kappa shape index (κ3) is 5.57. The first kappa shape index (κ1) is 20.4. The van der Waals surface area contributed by atoms with E-state index < -0.39 is 5.91 Å². The number of anilines is 3. The molecule has 0 saturated carbocycles. The molecule has 1 aliphatic rings. The van der Waals surface area contributed by atoms with Crippen LogP contribution in [0.2, 0.25) is 0 Å². The highest BCUT2D eigenvalue weighted by Crippen LogP contribution is 2.30. The van der Waals surface area contributed by atoms with Crippen LogP contribution < -0.4 is 21.3 Å². The summed E-state index contributed by atoms with van der Waals surface area (Å²) in [7, 11) is 0. The fourth-order valence-electron chi connectivity index (χ4n) is 3.49. The minimum absolute atomic E-state index is 0.143. The van der Waals surface area contributed by atoms with Gasteiger partial charge in [-0.25, -0.2) is 0 Å². The third-order valence-electron chi connectivity index (χ3n) is 4.89. The van der Waals surface area contributed by atoms with Gasteiger partial charge in [0, 0.05) is 31.3 Å². The number of primary amides is 1. The van der Waals surface area contributed by atoms with Crippen LogP contribution in [0.4, 0.5) is 17.1 Å². The molecule has 1 saturated heterocycles. The van der Waals surface area contributed by atoms with Gasteiger partial charge in [-0.15, -0.1) is 0 Å². The molecule has 0 bridgehead atoms. The standard InChI is InChI=1S/C22H26N4O3/c1-15(27)24-18-8-5-16(6-9-18)13-21(28)25-19-14-17(22(23)29)7-10-20(19)26-11-3-2-4-12-26/h5-10,14H,2-4,11-13H2,1H3,(H2,23,29)(H,24,27)(H,25,28). The molecule has 7 heteroatoms. The summed E-state index contributed by atoms with van der Waals surface area (Å²) in [5.41, 5.74) is 8.79. The maximum absolute atomic E-state index is 12.6. The van der Waals surface area contributed by atoms with E-state index in [2.05, 4.69) is 15.5 Å². The molecule has 3 rings (SSSR count). The van der Waals surface area contributed by atoms with Crippen molar-refractivity contribution in [2.45, 2.75) is 32.6 Å². The molecular formula is C22H26N4O3. The van der Waals surface area contributed by atoms with E-state index in [0.29, 0.717) is 16.9 Å². The van der Waals surface area contributed by atoms with E-state index in [9.17, 15) is 14.4 Å². The van der Waals surface area contributed by atoms with Crippen molar-refractivity contribution in [3.05, 3.63) is 53.6 Å². The van der Waals surface area contributed by atoms with Crippen molar-refractivity contribution in [3.8, 4) is 0 Å². The van der Waals surface area contributed by atoms with Crippen LogP contribution in [0.3, 0.4) is 0 Å². The molecular weight excluding hydrogens is 368 g/mol. The smallest absolute Gasteiger partial charge is 0.248 e. The molecule has 0 aliphatic carbocycles. The zero-order chi connectivity index (χ0) is 20.8. The highest BCUT2D eigenvalue weighted by atomic mass is 16.2. The highest BCUT2D eigenvalue weighted by molar-refractivity contribution is 6.00. The molecule has 29 heavy (non-hydrogen) atoms. The Balaban J connectivity index is 1.74. The van der Waals surface area contributed by atoms with Gasteiger partial charge in [-0.1, -0.05) is 12.1 Å². The monoisotopic (exact) mass is 394 g/mol. The van der Waals surface area contributed by atoms with Gasteiger partial charge in [0.15, 0.2) is 0 Å². The van der Waals surface area contributed by atoms with Gasteiger partial charge < -0.3 is 21.3 Å². The molecule has 0 spiro atoms. The molecule has 0 unspecified atom stereocenters. The Labute approximate surface area is 170 Å². The van der Waals surface area contributed by atoms with Crippen LogP contribution in [0, 0.1) is 0 Å². The van der Waals surface area contributed by atoms with Crippen LogP contribution in [0.1, 0.15) is 42.1 Å².